The smallest absolute Gasteiger partial charge is 0.449 e. The molecule has 0 bridgehead atoms. The number of rotatable bonds is 4. The molecule has 28 heavy (non-hydrogen) atoms. The van der Waals surface area contributed by atoms with E-state index in [0.717, 1.165) is 4.47 Å². The van der Waals surface area contributed by atoms with E-state index >= 15 is 0 Å². The van der Waals surface area contributed by atoms with Gasteiger partial charge in [0.15, 0.2) is 0 Å². The van der Waals surface area contributed by atoms with E-state index in [1.54, 1.807) is 30.3 Å². The van der Waals surface area contributed by atoms with Gasteiger partial charge in [0.05, 0.1) is 6.42 Å². The molecular formula is C19H14Br2F3NO3. The van der Waals surface area contributed by atoms with Crippen LogP contribution in [0.25, 0.3) is 6.08 Å². The maximum absolute atomic E-state index is 13.5. The first-order chi connectivity index (χ1) is 13.1. The number of ether oxygens (including phenoxy) is 1. The Labute approximate surface area is 175 Å². The minimum atomic E-state index is -5.08. The molecular weight excluding hydrogens is 507 g/mol. The van der Waals surface area contributed by atoms with E-state index in [9.17, 15) is 23.1 Å². The summed E-state index contributed by atoms with van der Waals surface area (Å²) in [4.78, 5) is 12.1. The van der Waals surface area contributed by atoms with E-state index < -0.39 is 30.0 Å². The van der Waals surface area contributed by atoms with Crippen molar-refractivity contribution in [3.8, 4) is 5.75 Å². The van der Waals surface area contributed by atoms with Crippen molar-refractivity contribution in [1.29, 1.82) is 0 Å². The van der Waals surface area contributed by atoms with Crippen LogP contribution in [-0.2, 0) is 11.2 Å². The van der Waals surface area contributed by atoms with E-state index in [0.29, 0.717) is 15.6 Å². The molecule has 1 atom stereocenters. The van der Waals surface area contributed by atoms with Gasteiger partial charge < -0.3 is 15.2 Å². The van der Waals surface area contributed by atoms with Crippen molar-refractivity contribution < 1.29 is 27.8 Å². The molecule has 0 saturated heterocycles. The normalized spacial score (nSPS) is 18.7. The van der Waals surface area contributed by atoms with Gasteiger partial charge >= 0.3 is 12.0 Å². The van der Waals surface area contributed by atoms with Crippen LogP contribution >= 0.6 is 31.9 Å². The van der Waals surface area contributed by atoms with Crippen molar-refractivity contribution in [2.75, 3.05) is 6.54 Å². The molecule has 0 fully saturated rings. The van der Waals surface area contributed by atoms with Gasteiger partial charge in [-0.25, -0.2) is 0 Å². The van der Waals surface area contributed by atoms with Gasteiger partial charge in [0, 0.05) is 26.6 Å². The molecule has 2 aromatic carbocycles. The van der Waals surface area contributed by atoms with Gasteiger partial charge in [0.2, 0.25) is 5.91 Å². The monoisotopic (exact) mass is 519 g/mol. The quantitative estimate of drug-likeness (QED) is 0.619. The summed E-state index contributed by atoms with van der Waals surface area (Å²) in [7, 11) is 0. The lowest BCUT2D eigenvalue weighted by Gasteiger charge is -2.36. The number of nitrogens with one attached hydrogen (secondary N) is 1. The van der Waals surface area contributed by atoms with Crippen LogP contribution in [0.1, 0.15) is 11.1 Å². The number of benzene rings is 2. The van der Waals surface area contributed by atoms with Crippen molar-refractivity contribution in [1.82, 2.24) is 5.32 Å². The summed E-state index contributed by atoms with van der Waals surface area (Å²) < 4.78 is 46.9. The fraction of sp³-hybridized carbons (Fsp3) is 0.211. The molecule has 1 unspecified atom stereocenters. The van der Waals surface area contributed by atoms with Crippen molar-refractivity contribution in [2.24, 2.45) is 0 Å². The number of hydrogen-bond acceptors (Lipinski definition) is 3. The molecule has 3 rings (SSSR count). The van der Waals surface area contributed by atoms with Gasteiger partial charge in [-0.2, -0.15) is 13.2 Å². The van der Waals surface area contributed by atoms with Gasteiger partial charge in [0.1, 0.15) is 5.75 Å². The predicted molar refractivity (Wildman–Crippen MR) is 105 cm³/mol. The standard InChI is InChI=1S/C19H14Br2F3NO3/c20-14-3-1-11(2-4-14)7-17(26)25-10-13-8-12-9-15(21)5-6-16(12)28-18(13,27)19(22,23)24/h1-6,8-9,27H,7,10H2,(H,25,26). The van der Waals surface area contributed by atoms with Crippen LogP contribution in [0.2, 0.25) is 0 Å². The second-order valence-corrected chi connectivity index (χ2v) is 8.01. The van der Waals surface area contributed by atoms with Crippen LogP contribution in [0.3, 0.4) is 0 Å². The van der Waals surface area contributed by atoms with Crippen LogP contribution in [-0.4, -0.2) is 29.5 Å². The Bertz CT molecular complexity index is 929. The van der Waals surface area contributed by atoms with Crippen LogP contribution in [0, 0.1) is 0 Å². The molecule has 1 heterocycles. The number of hydrogen-bond donors (Lipinski definition) is 2. The predicted octanol–water partition coefficient (Wildman–Crippen LogP) is 4.60. The molecule has 0 saturated carbocycles. The average Bonchev–Trinajstić information content (AvgIpc) is 2.61. The van der Waals surface area contributed by atoms with Crippen LogP contribution in [0.4, 0.5) is 13.2 Å². The lowest BCUT2D eigenvalue weighted by Crippen LogP contribution is -2.55. The summed E-state index contributed by atoms with van der Waals surface area (Å²) in [6, 6.07) is 11.4. The van der Waals surface area contributed by atoms with Crippen molar-refractivity contribution in [3.05, 3.63) is 68.1 Å². The Balaban J connectivity index is 1.80. The fourth-order valence-corrected chi connectivity index (χ4v) is 3.33. The Morgan fingerprint density at radius 3 is 2.39 bits per heavy atom. The molecule has 0 aromatic heterocycles. The first-order valence-electron chi connectivity index (χ1n) is 8.08. The number of fused-ring (bicyclic) bond motifs is 1. The highest BCUT2D eigenvalue weighted by Gasteiger charge is 2.60. The largest absolute Gasteiger partial charge is 0.460 e. The minimum Gasteiger partial charge on any atom is -0.449 e. The maximum atomic E-state index is 13.5. The summed E-state index contributed by atoms with van der Waals surface area (Å²) in [5.74, 6) is -4.10. The number of alkyl halides is 3. The molecule has 1 aliphatic rings. The summed E-state index contributed by atoms with van der Waals surface area (Å²) in [6.45, 7) is -0.517. The van der Waals surface area contributed by atoms with Gasteiger partial charge in [-0.05, 0) is 42.0 Å². The lowest BCUT2D eigenvalue weighted by atomic mass is 9.97. The zero-order chi connectivity index (χ0) is 20.5. The van der Waals surface area contributed by atoms with Gasteiger partial charge in [-0.3, -0.25) is 4.79 Å². The number of aliphatic hydroxyl groups is 1. The first-order valence-corrected chi connectivity index (χ1v) is 9.67. The summed E-state index contributed by atoms with van der Waals surface area (Å²) in [6.07, 6.45) is -3.91. The van der Waals surface area contributed by atoms with E-state index in [-0.39, 0.29) is 12.2 Å². The second kappa shape index (κ2) is 7.88. The zero-order valence-corrected chi connectivity index (χ0v) is 17.4. The third-order valence-electron chi connectivity index (χ3n) is 4.13. The minimum absolute atomic E-state index is 0.00595. The molecule has 4 nitrogen and oxygen atoms in total. The van der Waals surface area contributed by atoms with E-state index in [2.05, 4.69) is 37.2 Å². The number of carbonyl (C=O) groups excluding carboxylic acids is 1. The van der Waals surface area contributed by atoms with Crippen LogP contribution in [0.5, 0.6) is 5.75 Å². The van der Waals surface area contributed by atoms with Gasteiger partial charge in [0.25, 0.3) is 0 Å². The Morgan fingerprint density at radius 2 is 1.75 bits per heavy atom. The van der Waals surface area contributed by atoms with Gasteiger partial charge in [-0.15, -0.1) is 0 Å². The van der Waals surface area contributed by atoms with Crippen molar-refractivity contribution >= 4 is 43.8 Å². The Hall–Kier alpha value is -1.84. The lowest BCUT2D eigenvalue weighted by molar-refractivity contribution is -0.317. The highest BCUT2D eigenvalue weighted by Crippen LogP contribution is 2.43. The summed E-state index contributed by atoms with van der Waals surface area (Å²) in [5, 5.41) is 12.7. The third kappa shape index (κ3) is 4.42. The Kier molecular flexibility index (Phi) is 5.88. The van der Waals surface area contributed by atoms with Crippen molar-refractivity contribution in [2.45, 2.75) is 18.4 Å². The summed E-state index contributed by atoms with van der Waals surface area (Å²) in [5.41, 5.74) is 0.560. The zero-order valence-electron chi connectivity index (χ0n) is 14.2. The first kappa shape index (κ1) is 20.9. The highest BCUT2D eigenvalue weighted by molar-refractivity contribution is 9.10. The molecule has 9 heteroatoms. The molecule has 1 aliphatic heterocycles. The molecule has 0 aliphatic carbocycles. The number of carbonyl (C=O) groups is 1. The Morgan fingerprint density at radius 1 is 1.11 bits per heavy atom. The van der Waals surface area contributed by atoms with E-state index in [1.807, 2.05) is 0 Å². The molecule has 2 aromatic rings. The highest BCUT2D eigenvalue weighted by atomic mass is 79.9. The van der Waals surface area contributed by atoms with Crippen molar-refractivity contribution in [3.63, 3.8) is 0 Å². The second-order valence-electron chi connectivity index (χ2n) is 6.18. The van der Waals surface area contributed by atoms with Crippen LogP contribution < -0.4 is 10.1 Å². The number of amides is 1. The van der Waals surface area contributed by atoms with Gasteiger partial charge in [-0.1, -0.05) is 44.0 Å². The molecule has 0 radical (unpaired) electrons. The van der Waals surface area contributed by atoms with Crippen LogP contribution in [0.15, 0.2) is 57.0 Å². The SMILES string of the molecule is O=C(Cc1ccc(Br)cc1)NCC1=Cc2cc(Br)ccc2OC1(O)C(F)(F)F. The fourth-order valence-electron chi connectivity index (χ4n) is 2.69. The van der Waals surface area contributed by atoms with E-state index in [1.165, 1.54) is 18.2 Å². The van der Waals surface area contributed by atoms with E-state index in [4.69, 9.17) is 4.74 Å². The average molecular weight is 521 g/mol. The third-order valence-corrected chi connectivity index (χ3v) is 5.15. The molecule has 0 spiro atoms. The molecule has 1 amide bonds. The molecule has 2 N–H and O–H groups in total. The topological polar surface area (TPSA) is 58.6 Å². The molecule has 148 valence electrons. The maximum Gasteiger partial charge on any atom is 0.460 e. The summed E-state index contributed by atoms with van der Waals surface area (Å²) >= 11 is 6.52. The number of halogens is 5.